The van der Waals surface area contributed by atoms with E-state index in [0.29, 0.717) is 0 Å². The Hall–Kier alpha value is 1.49. The molecule has 0 rings (SSSR count). The van der Waals surface area contributed by atoms with Crippen LogP contribution in [0.4, 0.5) is 0 Å². The SMILES string of the molecule is O=[CH][Pt]([I])([I])[CH]=O. The molecule has 0 unspecified atom stereocenters. The molecule has 0 aromatic rings. The maximum atomic E-state index is 9.89. The van der Waals surface area contributed by atoms with Crippen LogP contribution in [0.15, 0.2) is 0 Å². The van der Waals surface area contributed by atoms with Crippen LogP contribution in [0.25, 0.3) is 0 Å². The Balaban J connectivity index is 3.82. The second kappa shape index (κ2) is 3.50. The molecular weight excluding hydrogens is 505 g/mol. The van der Waals surface area contributed by atoms with Gasteiger partial charge < -0.3 is 0 Å². The number of carbonyl (C=O) groups excluding carboxylic acids is 2. The molecule has 0 radical (unpaired) electrons. The molecule has 0 aliphatic carbocycles. The molecule has 2 nitrogen and oxygen atoms in total. The Morgan fingerprint density at radius 3 is 1.43 bits per heavy atom. The number of rotatable bonds is 2. The zero-order valence-electron chi connectivity index (χ0n) is 3.04. The Kier molecular flexibility index (Phi) is 4.25. The molecule has 0 aliphatic rings. The predicted molar refractivity (Wildman–Crippen MR) is 41.5 cm³/mol. The molecule has 0 fully saturated rings. The summed E-state index contributed by atoms with van der Waals surface area (Å²) in [4.78, 5) is 19.8. The van der Waals surface area contributed by atoms with Crippen molar-refractivity contribution in [3.8, 4) is 0 Å². The summed E-state index contributed by atoms with van der Waals surface area (Å²) >= 11 is 3.87. The molecule has 0 aliphatic heterocycles. The van der Waals surface area contributed by atoms with Crippen LogP contribution in [-0.4, -0.2) is 9.35 Å². The summed E-state index contributed by atoms with van der Waals surface area (Å²) in [6.45, 7) is 0. The van der Waals surface area contributed by atoms with E-state index >= 15 is 0 Å². The van der Waals surface area contributed by atoms with Gasteiger partial charge in [0.15, 0.2) is 0 Å². The van der Waals surface area contributed by atoms with Gasteiger partial charge in [-0.2, -0.15) is 0 Å². The minimum atomic E-state index is -2.44. The van der Waals surface area contributed by atoms with E-state index in [1.807, 2.05) is 38.7 Å². The molecule has 0 atom stereocenters. The third-order valence-electron chi connectivity index (χ3n) is 0.199. The van der Waals surface area contributed by atoms with E-state index in [9.17, 15) is 9.59 Å². The van der Waals surface area contributed by atoms with Crippen molar-refractivity contribution < 1.29 is 18.3 Å². The molecule has 0 saturated heterocycles. The molecule has 0 spiro atoms. The van der Waals surface area contributed by atoms with Crippen molar-refractivity contribution in [3.05, 3.63) is 0 Å². The predicted octanol–water partition coefficient (Wildman–Crippen LogP) is 1.22. The van der Waals surface area contributed by atoms with E-state index < -0.39 is 8.70 Å². The first-order valence-corrected chi connectivity index (χ1v) is 16.6. The van der Waals surface area contributed by atoms with E-state index in [-0.39, 0.29) is 0 Å². The first-order chi connectivity index (χ1) is 3.12. The molecule has 0 aromatic carbocycles. The number of halogens is 2. The van der Waals surface area contributed by atoms with Crippen molar-refractivity contribution in [2.75, 3.05) is 0 Å². The van der Waals surface area contributed by atoms with Gasteiger partial charge in [0.05, 0.1) is 0 Å². The Morgan fingerprint density at radius 2 is 1.43 bits per heavy atom. The van der Waals surface area contributed by atoms with Crippen LogP contribution in [0.5, 0.6) is 0 Å². The van der Waals surface area contributed by atoms with Gasteiger partial charge in [-0.15, -0.1) is 0 Å². The maximum absolute atomic E-state index is 9.89. The number of hydrogen-bond donors (Lipinski definition) is 0. The quantitative estimate of drug-likeness (QED) is 0.417. The molecule has 0 saturated carbocycles. The van der Waals surface area contributed by atoms with Crippen molar-refractivity contribution in [1.29, 1.82) is 0 Å². The fraction of sp³-hybridized carbons (Fsp3) is 0. The first kappa shape index (κ1) is 8.49. The average molecular weight is 507 g/mol. The van der Waals surface area contributed by atoms with Crippen LogP contribution in [0.3, 0.4) is 0 Å². The van der Waals surface area contributed by atoms with Crippen molar-refractivity contribution in [2.24, 2.45) is 0 Å². The second-order valence-corrected chi connectivity index (χ2v) is 33.9. The summed E-state index contributed by atoms with van der Waals surface area (Å²) < 4.78 is 1.56. The molecule has 0 heterocycles. The van der Waals surface area contributed by atoms with Crippen molar-refractivity contribution in [2.45, 2.75) is 0 Å². The summed E-state index contributed by atoms with van der Waals surface area (Å²) in [7, 11) is -2.44. The summed E-state index contributed by atoms with van der Waals surface area (Å²) in [6, 6.07) is 0. The fourth-order valence-corrected chi connectivity index (χ4v) is 0.144. The van der Waals surface area contributed by atoms with Crippen LogP contribution < -0.4 is 0 Å². The summed E-state index contributed by atoms with van der Waals surface area (Å²) in [5.41, 5.74) is 0. The molecule has 46 valence electrons. The molecule has 0 N–H and O–H groups in total. The van der Waals surface area contributed by atoms with Gasteiger partial charge in [-0.05, 0) is 0 Å². The third kappa shape index (κ3) is 4.02. The van der Waals surface area contributed by atoms with Crippen LogP contribution in [0.2, 0.25) is 0 Å². The van der Waals surface area contributed by atoms with E-state index in [1.165, 1.54) is 0 Å². The third-order valence-corrected chi connectivity index (χ3v) is 6.89. The number of hydrogen-bond acceptors (Lipinski definition) is 2. The zero-order valence-corrected chi connectivity index (χ0v) is 9.63. The zero-order chi connectivity index (χ0) is 5.91. The van der Waals surface area contributed by atoms with Crippen LogP contribution in [-0.2, 0) is 18.3 Å². The van der Waals surface area contributed by atoms with Gasteiger partial charge in [0, 0.05) is 0 Å². The fourth-order valence-electron chi connectivity index (χ4n) is 0.0176. The Bertz CT molecular complexity index is 81.7. The minimum absolute atomic E-state index is 0.779. The van der Waals surface area contributed by atoms with Crippen LogP contribution >= 0.6 is 38.7 Å². The van der Waals surface area contributed by atoms with Crippen LogP contribution in [0, 0.1) is 0 Å². The van der Waals surface area contributed by atoms with Crippen LogP contribution in [0.1, 0.15) is 0 Å². The van der Waals surface area contributed by atoms with Crippen molar-refractivity contribution in [1.82, 2.24) is 0 Å². The molecule has 0 amide bonds. The Morgan fingerprint density at radius 1 is 1.14 bits per heavy atom. The molecule has 0 aromatic heterocycles. The van der Waals surface area contributed by atoms with Gasteiger partial charge >= 0.3 is 66.3 Å². The molecular formula is C2H2I2O2Pt. The van der Waals surface area contributed by atoms with E-state index in [1.54, 1.807) is 0 Å². The second-order valence-electron chi connectivity index (χ2n) is 0.576. The van der Waals surface area contributed by atoms with Crippen molar-refractivity contribution >= 4 is 48.1 Å². The Labute approximate surface area is 65.3 Å². The normalized spacial score (nSPS) is 12.9. The summed E-state index contributed by atoms with van der Waals surface area (Å²) in [5, 5.41) is 0. The number of carbonyl (C=O) groups is 2. The van der Waals surface area contributed by atoms with Gasteiger partial charge in [-0.25, -0.2) is 0 Å². The van der Waals surface area contributed by atoms with Gasteiger partial charge in [0.2, 0.25) is 0 Å². The van der Waals surface area contributed by atoms with E-state index in [0.717, 1.165) is 9.35 Å². The summed E-state index contributed by atoms with van der Waals surface area (Å²) in [5.74, 6) is 0. The monoisotopic (exact) mass is 507 g/mol. The molecule has 0 bridgehead atoms. The molecule has 5 heteroatoms. The van der Waals surface area contributed by atoms with Gasteiger partial charge in [-0.1, -0.05) is 0 Å². The molecule has 7 heavy (non-hydrogen) atoms. The standard InChI is InChI=1S/2CHO.2HI.Pt/c2*1-2;;;/h2*1H;2*1H;/q;;;;+2/p-2. The summed E-state index contributed by atoms with van der Waals surface area (Å²) in [6.07, 6.45) is 0. The van der Waals surface area contributed by atoms with Gasteiger partial charge in [0.25, 0.3) is 0 Å². The topological polar surface area (TPSA) is 34.1 Å². The van der Waals surface area contributed by atoms with Gasteiger partial charge in [-0.3, -0.25) is 0 Å². The van der Waals surface area contributed by atoms with Crippen molar-refractivity contribution in [3.63, 3.8) is 0 Å². The average Bonchev–Trinajstić information content (AvgIpc) is 1.68. The van der Waals surface area contributed by atoms with E-state index in [4.69, 9.17) is 0 Å². The van der Waals surface area contributed by atoms with E-state index in [2.05, 4.69) is 0 Å². The van der Waals surface area contributed by atoms with Gasteiger partial charge in [0.1, 0.15) is 0 Å². The first-order valence-electron chi connectivity index (χ1n) is 1.08.